The molecule has 0 spiro atoms. The number of hydrogen-bond acceptors (Lipinski definition) is 22. The molecule has 1 saturated heterocycles. The van der Waals surface area contributed by atoms with Crippen LogP contribution in [0.2, 0.25) is 0 Å². The van der Waals surface area contributed by atoms with Gasteiger partial charge in [-0.25, -0.2) is 4.79 Å². The maximum absolute atomic E-state index is 15.4. The molecule has 0 radical (unpaired) electrons. The van der Waals surface area contributed by atoms with Crippen molar-refractivity contribution < 1.29 is 77.3 Å². The van der Waals surface area contributed by atoms with Gasteiger partial charge < -0.3 is 140 Å². The Morgan fingerprint density at radius 1 is 0.479 bits per heavy atom. The highest BCUT2D eigenvalue weighted by Crippen LogP contribution is 2.25. The van der Waals surface area contributed by atoms with Crippen molar-refractivity contribution in [1.29, 1.82) is 27.0 Å². The lowest BCUT2D eigenvalue weighted by atomic mass is 10.0. The number of H-pyrrole nitrogens is 1. The molecule has 656 valence electrons. The van der Waals surface area contributed by atoms with E-state index < -0.39 is 221 Å². The lowest BCUT2D eigenvalue weighted by molar-refractivity contribution is -0.143. The van der Waals surface area contributed by atoms with Gasteiger partial charge in [-0.15, -0.1) is 0 Å². The molecule has 2 aromatic carbocycles. The molecule has 0 unspecified atom stereocenters. The molecular formula is C72H115N29O16S2. The van der Waals surface area contributed by atoms with Crippen molar-refractivity contribution in [2.75, 3.05) is 44.2 Å². The summed E-state index contributed by atoms with van der Waals surface area (Å²) in [6.07, 6.45) is -3.26. The molecule has 0 saturated carbocycles. The Morgan fingerprint density at radius 2 is 0.882 bits per heavy atom. The van der Waals surface area contributed by atoms with Crippen molar-refractivity contribution in [3.63, 3.8) is 0 Å². The minimum absolute atomic E-state index is 0.00686. The Morgan fingerprint density at radius 3 is 1.32 bits per heavy atom. The summed E-state index contributed by atoms with van der Waals surface area (Å²) in [6, 6.07) is -4.90. The molecule has 0 bridgehead atoms. The number of amides is 13. The molecule has 45 nitrogen and oxygen atoms in total. The standard InChI is InChI=1S/C72H115N29O16S2/c1-36(2)54(67(116)117)100-61(110)47(23-14-30-88-72(82)83)96-66(115)55(37(3)102)101-65(114)52-35-119-118-34-51(90-38(4)103)64(113)94-45(21-12-28-86-70(78)79)58(107)92-43(19-10-26-84-68(74)75)56(105)91-44(20-11-27-85-69(76)77)57(106)93-46(22-13-29-87-71(80)81)59(108)97-49(31-39-15-6-5-7-16-39)62(111)98-50(32-40-33-89-42-18-9-8-17-41(40)42)63(112)95-48(60(109)99-52)24-25-53(73)104/h5-9,15-18,33,36-37,43-52,54-55,89,102H,10-14,19-32,34-35H2,1-4H3,(H2,73,104)(H,90,103)(H,91,105)(H,92,107)(H,93,106)(H,94,113)(H,95,112)(H,96,115)(H,97,108)(H,98,111)(H,99,109)(H,100,110)(H,101,114)(H,116,117)(H4,74,75,84)(H4,76,77,85)(H4,78,79,86)(H4,80,81,87)(H4,82,83,88)/t37-,43+,44+,45+,46+,47+,48+,49+,50+,51+,52+,54+,55+/m1/s1. The average molecular weight is 1710 g/mol. The second-order valence-corrected chi connectivity index (χ2v) is 30.9. The van der Waals surface area contributed by atoms with E-state index >= 15 is 28.8 Å². The fourth-order valence-electron chi connectivity index (χ4n) is 12.0. The fourth-order valence-corrected chi connectivity index (χ4v) is 14.4. The van der Waals surface area contributed by atoms with E-state index in [1.54, 1.807) is 60.8 Å². The van der Waals surface area contributed by atoms with Crippen LogP contribution in [0.15, 0.2) is 60.8 Å². The number of rotatable bonds is 37. The molecule has 13 amide bonds. The van der Waals surface area contributed by atoms with Gasteiger partial charge in [-0.05, 0) is 101 Å². The van der Waals surface area contributed by atoms with Gasteiger partial charge in [0.2, 0.25) is 76.8 Å². The molecule has 1 aromatic heterocycles. The fraction of sp³-hybridized carbons (Fsp3) is 0.542. The number of nitrogens with one attached hydrogen (secondary N) is 23. The molecule has 1 aliphatic heterocycles. The summed E-state index contributed by atoms with van der Waals surface area (Å²) in [5.41, 5.74) is 35.0. The number of primary amides is 1. The molecule has 4 rings (SSSR count). The summed E-state index contributed by atoms with van der Waals surface area (Å²) >= 11 is 0. The Bertz CT molecular complexity index is 4030. The van der Waals surface area contributed by atoms with Crippen LogP contribution >= 0.6 is 21.6 Å². The molecule has 1 fully saturated rings. The summed E-state index contributed by atoms with van der Waals surface area (Å²) in [5.74, 6) is -18.8. The summed E-state index contributed by atoms with van der Waals surface area (Å²) in [4.78, 5) is 205. The number of aromatic nitrogens is 1. The van der Waals surface area contributed by atoms with Gasteiger partial charge in [-0.3, -0.25) is 89.4 Å². The van der Waals surface area contributed by atoms with Crippen LogP contribution in [0.25, 0.3) is 10.9 Å². The van der Waals surface area contributed by atoms with E-state index in [1.165, 1.54) is 13.8 Å². The topological polar surface area (TPSA) is 775 Å². The number of carbonyl (C=O) groups excluding carboxylic acids is 13. The quantitative estimate of drug-likeness (QED) is 0.0110. The van der Waals surface area contributed by atoms with Crippen LogP contribution in [-0.4, -0.2) is 251 Å². The van der Waals surface area contributed by atoms with Gasteiger partial charge >= 0.3 is 5.97 Å². The highest BCUT2D eigenvalue weighted by molar-refractivity contribution is 8.76. The number of carboxylic acid groups (broad SMARTS) is 1. The smallest absolute Gasteiger partial charge is 0.326 e. The Balaban J connectivity index is 2.03. The predicted molar refractivity (Wildman–Crippen MR) is 444 cm³/mol. The number of fused-ring (bicyclic) bond motifs is 1. The minimum Gasteiger partial charge on any atom is -0.480 e. The van der Waals surface area contributed by atoms with Gasteiger partial charge in [0.15, 0.2) is 29.8 Å². The number of benzene rings is 2. The molecule has 37 N–H and O–H groups in total. The van der Waals surface area contributed by atoms with Crippen LogP contribution in [0.4, 0.5) is 0 Å². The van der Waals surface area contributed by atoms with Gasteiger partial charge in [0.1, 0.15) is 72.5 Å². The first-order valence-corrected chi connectivity index (χ1v) is 40.9. The van der Waals surface area contributed by atoms with E-state index in [0.717, 1.165) is 35.4 Å². The third-order valence-corrected chi connectivity index (χ3v) is 20.6. The van der Waals surface area contributed by atoms with E-state index in [0.29, 0.717) is 22.0 Å². The van der Waals surface area contributed by atoms with Crippen molar-refractivity contribution in [3.8, 4) is 0 Å². The molecule has 3 aromatic rings. The van der Waals surface area contributed by atoms with Gasteiger partial charge in [0.05, 0.1) is 6.10 Å². The van der Waals surface area contributed by atoms with Crippen molar-refractivity contribution in [2.24, 2.45) is 40.3 Å². The second kappa shape index (κ2) is 51.6. The lowest BCUT2D eigenvalue weighted by Crippen LogP contribution is -2.62. The van der Waals surface area contributed by atoms with E-state index in [9.17, 15) is 48.6 Å². The van der Waals surface area contributed by atoms with Crippen molar-refractivity contribution in [2.45, 2.75) is 196 Å². The van der Waals surface area contributed by atoms with Gasteiger partial charge in [-0.1, -0.05) is 84.0 Å². The number of para-hydroxylation sites is 1. The number of aliphatic hydroxyl groups is 1. The third kappa shape index (κ3) is 37.2. The summed E-state index contributed by atoms with van der Waals surface area (Å²) in [6.45, 7) is 5.05. The first-order valence-electron chi connectivity index (χ1n) is 38.4. The van der Waals surface area contributed by atoms with Gasteiger partial charge in [0.25, 0.3) is 0 Å². The van der Waals surface area contributed by atoms with Crippen molar-refractivity contribution >= 4 is 145 Å². The largest absolute Gasteiger partial charge is 0.480 e. The molecule has 1 aliphatic rings. The molecule has 119 heavy (non-hydrogen) atoms. The second-order valence-electron chi connectivity index (χ2n) is 28.3. The zero-order valence-corrected chi connectivity index (χ0v) is 68.2. The van der Waals surface area contributed by atoms with Crippen LogP contribution in [-0.2, 0) is 80.0 Å². The lowest BCUT2D eigenvalue weighted by Gasteiger charge is -2.29. The normalized spacial score (nSPS) is 20.6. The molecule has 47 heteroatoms. The monoisotopic (exact) mass is 1710 g/mol. The summed E-state index contributed by atoms with van der Waals surface area (Å²) in [5, 5.41) is 104. The highest BCUT2D eigenvalue weighted by Gasteiger charge is 2.39. The van der Waals surface area contributed by atoms with E-state index in [1.807, 2.05) is 0 Å². The minimum atomic E-state index is -2.00. The Kier molecular flexibility index (Phi) is 42.9. The maximum Gasteiger partial charge on any atom is 0.326 e. The van der Waals surface area contributed by atoms with Gasteiger partial charge in [0, 0.05) is 87.5 Å². The van der Waals surface area contributed by atoms with Crippen molar-refractivity contribution in [3.05, 3.63) is 71.9 Å². The van der Waals surface area contributed by atoms with Crippen LogP contribution in [0.1, 0.15) is 116 Å². The average Bonchev–Trinajstić information content (AvgIpc) is 1.73. The van der Waals surface area contributed by atoms with Crippen LogP contribution in [0, 0.1) is 33.0 Å². The van der Waals surface area contributed by atoms with E-state index in [-0.39, 0.29) is 110 Å². The SMILES string of the molecule is CC(=O)N[C@H]1CSSC[C@@H](C(=O)N[C@H](C(=O)N[C@@H](CCCNC(=N)N)C(=O)N[C@H](C(=O)O)C(C)C)[C@@H](C)O)NC(=O)[C@H](CCC(N)=O)NC(=O)[C@H](Cc2c[nH]c3ccccc23)NC(=O)[C@H](Cc2ccccc2)NC(=O)[C@H](CCCNC(=N)N)NC(=O)[C@H](CCCNC(=N)N)NC(=O)[C@H](CCCNC(=N)N)NC(=O)[C@H](CCCNC(=N)N)NC1=O. The summed E-state index contributed by atoms with van der Waals surface area (Å²) in [7, 11) is 1.57. The Labute approximate surface area is 694 Å². The Hall–Kier alpha value is -12.4. The zero-order valence-electron chi connectivity index (χ0n) is 66.6. The van der Waals surface area contributed by atoms with E-state index in [4.69, 9.17) is 61.4 Å². The number of carboxylic acids is 1. The first kappa shape index (κ1) is 98.9. The predicted octanol–water partition coefficient (Wildman–Crippen LogP) is -7.11. The number of carbonyl (C=O) groups is 14. The maximum atomic E-state index is 15.4. The van der Waals surface area contributed by atoms with Crippen LogP contribution in [0.3, 0.4) is 0 Å². The number of aliphatic hydroxyl groups excluding tert-OH is 1. The molecular weight excluding hydrogens is 1590 g/mol. The molecule has 2 heterocycles. The first-order chi connectivity index (χ1) is 56.3. The van der Waals surface area contributed by atoms with Crippen LogP contribution in [0.5, 0.6) is 0 Å². The highest BCUT2D eigenvalue weighted by atomic mass is 33.1. The number of guanidine groups is 5. The third-order valence-electron chi connectivity index (χ3n) is 18.2. The number of hydrogen-bond donors (Lipinski definition) is 31. The molecule has 0 aliphatic carbocycles. The summed E-state index contributed by atoms with van der Waals surface area (Å²) < 4.78 is 0. The van der Waals surface area contributed by atoms with Crippen LogP contribution < -0.4 is 125 Å². The number of aliphatic carboxylic acids is 1. The molecule has 13 atom stereocenters. The van der Waals surface area contributed by atoms with Gasteiger partial charge in [-0.2, -0.15) is 0 Å². The zero-order chi connectivity index (χ0) is 88.4. The van der Waals surface area contributed by atoms with Crippen molar-refractivity contribution in [1.82, 2.24) is 95.4 Å². The number of nitrogens with two attached hydrogens (primary N) is 6. The number of aromatic amines is 1. The van der Waals surface area contributed by atoms with E-state index in [2.05, 4.69) is 95.4 Å².